The molecule has 0 aliphatic heterocycles. The zero-order chi connectivity index (χ0) is 17.1. The van der Waals surface area contributed by atoms with Gasteiger partial charge in [-0.05, 0) is 39.0 Å². The molecule has 0 bridgehead atoms. The highest BCUT2D eigenvalue weighted by Gasteiger charge is 2.19. The molecule has 1 aromatic carbocycles. The van der Waals surface area contributed by atoms with Gasteiger partial charge in [-0.2, -0.15) is 0 Å². The van der Waals surface area contributed by atoms with E-state index in [1.54, 1.807) is 32.0 Å². The Labute approximate surface area is 135 Å². The summed E-state index contributed by atoms with van der Waals surface area (Å²) in [7, 11) is 3.79. The molecule has 1 heterocycles. The summed E-state index contributed by atoms with van der Waals surface area (Å²) in [5.74, 6) is 0.450. The minimum absolute atomic E-state index is 0.377. The lowest BCUT2D eigenvalue weighted by atomic mass is 10.1. The Morgan fingerprint density at radius 3 is 2.22 bits per heavy atom. The number of rotatable bonds is 3. The van der Waals surface area contributed by atoms with Gasteiger partial charge < -0.3 is 9.32 Å². The van der Waals surface area contributed by atoms with Crippen molar-refractivity contribution < 1.29 is 14.0 Å². The smallest absolute Gasteiger partial charge is 0.273 e. The number of nitrogens with one attached hydrogen (secondary N) is 2. The lowest BCUT2D eigenvalue weighted by Gasteiger charge is -2.13. The van der Waals surface area contributed by atoms with Gasteiger partial charge in [0.25, 0.3) is 11.8 Å². The Balaban J connectivity index is 2.07. The van der Waals surface area contributed by atoms with Crippen LogP contribution in [0.15, 0.2) is 28.7 Å². The number of carbonyl (C=O) groups excluding carboxylic acids is 2. The van der Waals surface area contributed by atoms with E-state index >= 15 is 0 Å². The van der Waals surface area contributed by atoms with E-state index in [1.165, 1.54) is 0 Å². The van der Waals surface area contributed by atoms with E-state index in [9.17, 15) is 9.59 Å². The molecule has 2 rings (SSSR count). The molecule has 2 amide bonds. The molecule has 6 heteroatoms. The van der Waals surface area contributed by atoms with Crippen molar-refractivity contribution in [2.75, 3.05) is 19.0 Å². The average molecular weight is 315 g/mol. The van der Waals surface area contributed by atoms with Crippen LogP contribution in [0.3, 0.4) is 0 Å². The van der Waals surface area contributed by atoms with Crippen LogP contribution in [0.4, 0.5) is 5.69 Å². The molecule has 122 valence electrons. The second-order valence-electron chi connectivity index (χ2n) is 5.57. The maximum Gasteiger partial charge on any atom is 0.273 e. The lowest BCUT2D eigenvalue weighted by molar-refractivity contribution is 0.0845. The van der Waals surface area contributed by atoms with Gasteiger partial charge in [0.05, 0.1) is 5.56 Å². The van der Waals surface area contributed by atoms with Gasteiger partial charge in [-0.15, -0.1) is 0 Å². The van der Waals surface area contributed by atoms with Crippen LogP contribution in [-0.4, -0.2) is 25.9 Å². The van der Waals surface area contributed by atoms with Crippen molar-refractivity contribution in [3.05, 3.63) is 52.5 Å². The first kappa shape index (κ1) is 16.6. The molecule has 0 unspecified atom stereocenters. The number of nitrogens with zero attached hydrogens (tertiary/aromatic N) is 1. The summed E-state index contributed by atoms with van der Waals surface area (Å²) in [5, 5.41) is 0. The van der Waals surface area contributed by atoms with Gasteiger partial charge in [0.15, 0.2) is 0 Å². The number of benzene rings is 1. The molecule has 0 aliphatic rings. The quantitative estimate of drug-likeness (QED) is 0.853. The zero-order valence-electron chi connectivity index (χ0n) is 14.0. The van der Waals surface area contributed by atoms with Crippen molar-refractivity contribution in [2.45, 2.75) is 20.8 Å². The fraction of sp³-hybridized carbons (Fsp3) is 0.294. The van der Waals surface area contributed by atoms with Crippen LogP contribution in [-0.2, 0) is 0 Å². The largest absolute Gasteiger partial charge is 0.466 e. The SMILES string of the molecule is Cc1oc(C)c(C(=O)NNC(=O)c2cccc(N(C)C)c2)c1C. The van der Waals surface area contributed by atoms with Crippen molar-refractivity contribution in [1.29, 1.82) is 0 Å². The maximum absolute atomic E-state index is 12.2. The number of hydrogen-bond donors (Lipinski definition) is 2. The van der Waals surface area contributed by atoms with E-state index in [4.69, 9.17) is 4.42 Å². The van der Waals surface area contributed by atoms with Gasteiger partial charge in [0.2, 0.25) is 0 Å². The Morgan fingerprint density at radius 1 is 1.00 bits per heavy atom. The molecule has 0 fully saturated rings. The number of furan rings is 1. The number of aryl methyl sites for hydroxylation is 2. The average Bonchev–Trinajstić information content (AvgIpc) is 2.77. The van der Waals surface area contributed by atoms with Crippen LogP contribution >= 0.6 is 0 Å². The maximum atomic E-state index is 12.2. The van der Waals surface area contributed by atoms with E-state index in [0.29, 0.717) is 22.6 Å². The van der Waals surface area contributed by atoms with Crippen LogP contribution in [0.25, 0.3) is 0 Å². The fourth-order valence-corrected chi connectivity index (χ4v) is 2.30. The number of anilines is 1. The summed E-state index contributed by atoms with van der Waals surface area (Å²) < 4.78 is 5.42. The molecule has 2 aromatic rings. The minimum Gasteiger partial charge on any atom is -0.466 e. The van der Waals surface area contributed by atoms with Crippen molar-refractivity contribution in [2.24, 2.45) is 0 Å². The molecule has 0 saturated carbocycles. The summed E-state index contributed by atoms with van der Waals surface area (Å²) in [6, 6.07) is 7.13. The standard InChI is InChI=1S/C17H21N3O3/c1-10-11(2)23-12(3)15(10)17(22)19-18-16(21)13-7-6-8-14(9-13)20(4)5/h6-9H,1-5H3,(H,18,21)(H,19,22). The second kappa shape index (κ2) is 6.56. The van der Waals surface area contributed by atoms with Crippen molar-refractivity contribution in [3.8, 4) is 0 Å². The topological polar surface area (TPSA) is 74.6 Å². The monoisotopic (exact) mass is 315 g/mol. The number of carbonyl (C=O) groups is 2. The lowest BCUT2D eigenvalue weighted by Crippen LogP contribution is -2.42. The van der Waals surface area contributed by atoms with Gasteiger partial charge in [-0.25, -0.2) is 0 Å². The first-order valence-corrected chi connectivity index (χ1v) is 7.26. The van der Waals surface area contributed by atoms with E-state index in [1.807, 2.05) is 32.0 Å². The Hall–Kier alpha value is -2.76. The highest BCUT2D eigenvalue weighted by Crippen LogP contribution is 2.20. The molecule has 6 nitrogen and oxygen atoms in total. The first-order valence-electron chi connectivity index (χ1n) is 7.26. The molecular weight excluding hydrogens is 294 g/mol. The van der Waals surface area contributed by atoms with E-state index in [-0.39, 0.29) is 5.91 Å². The van der Waals surface area contributed by atoms with E-state index < -0.39 is 5.91 Å². The molecule has 0 atom stereocenters. The van der Waals surface area contributed by atoms with Crippen molar-refractivity contribution >= 4 is 17.5 Å². The molecule has 23 heavy (non-hydrogen) atoms. The van der Waals surface area contributed by atoms with Gasteiger partial charge in [0.1, 0.15) is 11.5 Å². The van der Waals surface area contributed by atoms with Crippen LogP contribution in [0.2, 0.25) is 0 Å². The third-order valence-corrected chi connectivity index (χ3v) is 3.70. The van der Waals surface area contributed by atoms with Crippen LogP contribution in [0, 0.1) is 20.8 Å². The predicted octanol–water partition coefficient (Wildman–Crippen LogP) is 2.35. The second-order valence-corrected chi connectivity index (χ2v) is 5.57. The van der Waals surface area contributed by atoms with E-state index in [0.717, 1.165) is 11.3 Å². The molecule has 1 aromatic heterocycles. The molecule has 0 radical (unpaired) electrons. The summed E-state index contributed by atoms with van der Waals surface area (Å²) in [6.07, 6.45) is 0. The Bertz CT molecular complexity index is 748. The molecular formula is C17H21N3O3. The highest BCUT2D eigenvalue weighted by molar-refractivity contribution is 6.00. The molecule has 0 saturated heterocycles. The third kappa shape index (κ3) is 3.53. The molecule has 2 N–H and O–H groups in total. The van der Waals surface area contributed by atoms with Crippen LogP contribution in [0.5, 0.6) is 0 Å². The Morgan fingerprint density at radius 2 is 1.65 bits per heavy atom. The molecule has 0 aliphatic carbocycles. The Kier molecular flexibility index (Phi) is 4.74. The minimum atomic E-state index is -0.394. The summed E-state index contributed by atoms with van der Waals surface area (Å²) in [6.45, 7) is 5.32. The van der Waals surface area contributed by atoms with Crippen LogP contribution < -0.4 is 15.8 Å². The third-order valence-electron chi connectivity index (χ3n) is 3.70. The summed E-state index contributed by atoms with van der Waals surface area (Å²) >= 11 is 0. The number of amides is 2. The zero-order valence-corrected chi connectivity index (χ0v) is 14.0. The summed E-state index contributed by atoms with van der Waals surface area (Å²) in [4.78, 5) is 26.3. The van der Waals surface area contributed by atoms with Crippen molar-refractivity contribution in [1.82, 2.24) is 10.9 Å². The highest BCUT2D eigenvalue weighted by atomic mass is 16.3. The van der Waals surface area contributed by atoms with Gasteiger partial charge >= 0.3 is 0 Å². The number of hydrogen-bond acceptors (Lipinski definition) is 4. The first-order chi connectivity index (χ1) is 10.8. The normalized spacial score (nSPS) is 10.3. The van der Waals surface area contributed by atoms with E-state index in [2.05, 4.69) is 10.9 Å². The van der Waals surface area contributed by atoms with Gasteiger partial charge in [0, 0.05) is 30.9 Å². The van der Waals surface area contributed by atoms with Crippen LogP contribution in [0.1, 0.15) is 37.8 Å². The van der Waals surface area contributed by atoms with Gasteiger partial charge in [-0.3, -0.25) is 20.4 Å². The predicted molar refractivity (Wildman–Crippen MR) is 88.6 cm³/mol. The molecule has 0 spiro atoms. The number of hydrazine groups is 1. The van der Waals surface area contributed by atoms with Gasteiger partial charge in [-0.1, -0.05) is 6.07 Å². The van der Waals surface area contributed by atoms with Crippen molar-refractivity contribution in [3.63, 3.8) is 0 Å². The summed E-state index contributed by atoms with van der Waals surface area (Å²) in [5.41, 5.74) is 7.44. The fourth-order valence-electron chi connectivity index (χ4n) is 2.30.